The molecular weight excluding hydrogens is 176 g/mol. The Morgan fingerprint density at radius 2 is 2.57 bits per heavy atom. The number of amides is 1. The zero-order valence-electron chi connectivity index (χ0n) is 8.68. The lowest BCUT2D eigenvalue weighted by molar-refractivity contribution is -0.121. The topological polar surface area (TPSA) is 41.1 Å². The van der Waals surface area contributed by atoms with Crippen LogP contribution in [-0.4, -0.2) is 25.0 Å². The molecule has 0 aromatic carbocycles. The van der Waals surface area contributed by atoms with Crippen molar-refractivity contribution >= 4 is 5.91 Å². The number of terminal acetylenes is 1. The number of carbonyl (C=O) groups is 1. The fraction of sp³-hybridized carbons (Fsp3) is 0.727. The molecule has 1 heterocycles. The smallest absolute Gasteiger partial charge is 0.232 e. The van der Waals surface area contributed by atoms with E-state index in [2.05, 4.69) is 16.6 Å². The lowest BCUT2D eigenvalue weighted by Gasteiger charge is -2.28. The summed E-state index contributed by atoms with van der Waals surface area (Å²) in [5.41, 5.74) is 0. The van der Waals surface area contributed by atoms with E-state index in [1.165, 1.54) is 12.8 Å². The second-order valence-corrected chi connectivity index (χ2v) is 3.84. The molecule has 0 saturated carbocycles. The first-order valence-corrected chi connectivity index (χ1v) is 5.17. The number of nitrogens with one attached hydrogen (secondary N) is 2. The Morgan fingerprint density at radius 3 is 3.14 bits per heavy atom. The molecule has 1 fully saturated rings. The molecule has 1 saturated heterocycles. The van der Waals surface area contributed by atoms with Gasteiger partial charge in [-0.25, -0.2) is 0 Å². The summed E-state index contributed by atoms with van der Waals surface area (Å²) in [5.74, 6) is 2.86. The molecule has 14 heavy (non-hydrogen) atoms. The minimum absolute atomic E-state index is 0.0365. The third-order valence-corrected chi connectivity index (χ3v) is 2.69. The Balaban J connectivity index is 2.29. The van der Waals surface area contributed by atoms with Crippen LogP contribution in [0.5, 0.6) is 0 Å². The lowest BCUT2D eigenvalue weighted by atomic mass is 9.93. The Morgan fingerprint density at radius 1 is 1.79 bits per heavy atom. The molecule has 2 atom stereocenters. The van der Waals surface area contributed by atoms with Gasteiger partial charge in [0.05, 0.1) is 6.42 Å². The molecule has 1 aliphatic rings. The Hall–Kier alpha value is -1.01. The molecular formula is C11H18N2O. The lowest BCUT2D eigenvalue weighted by Crippen LogP contribution is -2.44. The summed E-state index contributed by atoms with van der Waals surface area (Å²) in [4.78, 5) is 11.2. The van der Waals surface area contributed by atoms with Gasteiger partial charge in [0.25, 0.3) is 0 Å². The van der Waals surface area contributed by atoms with E-state index in [-0.39, 0.29) is 18.4 Å². The summed E-state index contributed by atoms with van der Waals surface area (Å²) in [7, 11) is 0. The summed E-state index contributed by atoms with van der Waals surface area (Å²) >= 11 is 0. The fourth-order valence-corrected chi connectivity index (χ4v) is 1.82. The molecule has 0 aromatic heterocycles. The normalized spacial score (nSPS) is 23.6. The summed E-state index contributed by atoms with van der Waals surface area (Å²) in [5, 5.41) is 6.26. The first kappa shape index (κ1) is 11.1. The Labute approximate surface area is 85.6 Å². The van der Waals surface area contributed by atoms with E-state index in [1.54, 1.807) is 0 Å². The predicted octanol–water partition coefficient (Wildman–Crippen LogP) is 0.514. The second-order valence-electron chi connectivity index (χ2n) is 3.84. The van der Waals surface area contributed by atoms with Crippen LogP contribution < -0.4 is 10.6 Å². The number of hydrogen-bond donors (Lipinski definition) is 2. The first-order chi connectivity index (χ1) is 6.74. The summed E-state index contributed by atoms with van der Waals surface area (Å²) in [6.45, 7) is 4.14. The van der Waals surface area contributed by atoms with Crippen molar-refractivity contribution in [3.63, 3.8) is 0 Å². The maximum atomic E-state index is 11.2. The van der Waals surface area contributed by atoms with Gasteiger partial charge in [-0.1, -0.05) is 5.92 Å². The van der Waals surface area contributed by atoms with Gasteiger partial charge in [-0.2, -0.15) is 0 Å². The zero-order valence-corrected chi connectivity index (χ0v) is 8.68. The van der Waals surface area contributed by atoms with Gasteiger partial charge >= 0.3 is 0 Å². The van der Waals surface area contributed by atoms with Gasteiger partial charge < -0.3 is 10.6 Å². The molecule has 0 bridgehead atoms. The van der Waals surface area contributed by atoms with Gasteiger partial charge in [0, 0.05) is 6.04 Å². The SMILES string of the molecule is C#CCC(=O)NC(C)C1CCCNC1. The van der Waals surface area contributed by atoms with Crippen LogP contribution in [0.2, 0.25) is 0 Å². The monoisotopic (exact) mass is 194 g/mol. The molecule has 1 amide bonds. The number of hydrogen-bond acceptors (Lipinski definition) is 2. The van der Waals surface area contributed by atoms with Gasteiger partial charge in [-0.15, -0.1) is 6.42 Å². The zero-order chi connectivity index (χ0) is 10.4. The minimum atomic E-state index is -0.0365. The highest BCUT2D eigenvalue weighted by molar-refractivity contribution is 5.78. The van der Waals surface area contributed by atoms with E-state index in [0.29, 0.717) is 5.92 Å². The highest BCUT2D eigenvalue weighted by atomic mass is 16.1. The van der Waals surface area contributed by atoms with E-state index in [4.69, 9.17) is 6.42 Å². The van der Waals surface area contributed by atoms with Crippen molar-refractivity contribution in [2.24, 2.45) is 5.92 Å². The molecule has 3 nitrogen and oxygen atoms in total. The molecule has 0 aliphatic carbocycles. The van der Waals surface area contributed by atoms with Gasteiger partial charge in [-0.3, -0.25) is 4.79 Å². The van der Waals surface area contributed by atoms with Crippen molar-refractivity contribution in [3.05, 3.63) is 0 Å². The summed E-state index contributed by atoms with van der Waals surface area (Å²) in [6.07, 6.45) is 7.62. The van der Waals surface area contributed by atoms with Crippen molar-refractivity contribution in [1.29, 1.82) is 0 Å². The van der Waals surface area contributed by atoms with E-state index in [0.717, 1.165) is 13.1 Å². The molecule has 2 unspecified atom stereocenters. The highest BCUT2D eigenvalue weighted by Gasteiger charge is 2.20. The fourth-order valence-electron chi connectivity index (χ4n) is 1.82. The highest BCUT2D eigenvalue weighted by Crippen LogP contribution is 2.13. The van der Waals surface area contributed by atoms with Gasteiger partial charge in [0.1, 0.15) is 0 Å². The van der Waals surface area contributed by atoms with Gasteiger partial charge in [0.2, 0.25) is 5.91 Å². The van der Waals surface area contributed by atoms with Gasteiger partial charge in [-0.05, 0) is 38.8 Å². The molecule has 1 rings (SSSR count). The van der Waals surface area contributed by atoms with Crippen LogP contribution >= 0.6 is 0 Å². The number of rotatable bonds is 3. The average Bonchev–Trinajstić information content (AvgIpc) is 2.19. The molecule has 1 aliphatic heterocycles. The molecule has 78 valence electrons. The van der Waals surface area contributed by atoms with Crippen LogP contribution in [-0.2, 0) is 4.79 Å². The van der Waals surface area contributed by atoms with Crippen molar-refractivity contribution in [3.8, 4) is 12.3 Å². The molecule has 0 radical (unpaired) electrons. The Kier molecular flexibility index (Phi) is 4.48. The maximum absolute atomic E-state index is 11.2. The first-order valence-electron chi connectivity index (χ1n) is 5.17. The summed E-state index contributed by atoms with van der Waals surface area (Å²) in [6, 6.07) is 0.226. The van der Waals surface area contributed by atoms with Crippen molar-refractivity contribution in [2.45, 2.75) is 32.2 Å². The van der Waals surface area contributed by atoms with E-state index >= 15 is 0 Å². The second kappa shape index (κ2) is 5.66. The van der Waals surface area contributed by atoms with E-state index in [1.807, 2.05) is 6.92 Å². The molecule has 3 heteroatoms. The van der Waals surface area contributed by atoms with E-state index in [9.17, 15) is 4.79 Å². The van der Waals surface area contributed by atoms with Crippen molar-refractivity contribution in [1.82, 2.24) is 10.6 Å². The third kappa shape index (κ3) is 3.39. The van der Waals surface area contributed by atoms with Crippen molar-refractivity contribution in [2.75, 3.05) is 13.1 Å². The number of carbonyl (C=O) groups excluding carboxylic acids is 1. The van der Waals surface area contributed by atoms with Crippen molar-refractivity contribution < 1.29 is 4.79 Å². The molecule has 0 aromatic rings. The summed E-state index contributed by atoms with van der Waals surface area (Å²) < 4.78 is 0. The van der Waals surface area contributed by atoms with Crippen LogP contribution in [0.15, 0.2) is 0 Å². The Bertz CT molecular complexity index is 226. The average molecular weight is 194 g/mol. The van der Waals surface area contributed by atoms with Gasteiger partial charge in [0.15, 0.2) is 0 Å². The quantitative estimate of drug-likeness (QED) is 0.643. The molecule has 0 spiro atoms. The van der Waals surface area contributed by atoms with Crippen LogP contribution in [0.25, 0.3) is 0 Å². The van der Waals surface area contributed by atoms with Crippen LogP contribution in [0.3, 0.4) is 0 Å². The third-order valence-electron chi connectivity index (χ3n) is 2.69. The van der Waals surface area contributed by atoms with Crippen LogP contribution in [0.4, 0.5) is 0 Å². The van der Waals surface area contributed by atoms with Crippen LogP contribution in [0, 0.1) is 18.3 Å². The predicted molar refractivity (Wildman–Crippen MR) is 56.6 cm³/mol. The van der Waals surface area contributed by atoms with E-state index < -0.39 is 0 Å². The van der Waals surface area contributed by atoms with Crippen LogP contribution in [0.1, 0.15) is 26.2 Å². The maximum Gasteiger partial charge on any atom is 0.232 e. The minimum Gasteiger partial charge on any atom is -0.352 e. The molecule has 2 N–H and O–H groups in total. The largest absolute Gasteiger partial charge is 0.352 e. The number of piperidine rings is 1. The standard InChI is InChI=1S/C11H18N2O/c1-3-5-11(14)13-9(2)10-6-4-7-12-8-10/h1,9-10,12H,4-8H2,2H3,(H,13,14).